The second-order valence-electron chi connectivity index (χ2n) is 5.37. The van der Waals surface area contributed by atoms with Crippen molar-refractivity contribution in [3.05, 3.63) is 42.7 Å². The number of nitrogens with one attached hydrogen (secondary N) is 1. The summed E-state index contributed by atoms with van der Waals surface area (Å²) in [6.45, 7) is 2.41. The zero-order valence-corrected chi connectivity index (χ0v) is 13.5. The molecule has 0 aliphatic rings. The topological polar surface area (TPSA) is 77.1 Å². The summed E-state index contributed by atoms with van der Waals surface area (Å²) in [6, 6.07) is 9.28. The number of nitrogens with zero attached hydrogens (tertiary/aromatic N) is 2. The summed E-state index contributed by atoms with van der Waals surface area (Å²) >= 11 is 0. The van der Waals surface area contributed by atoms with Crippen molar-refractivity contribution < 1.29 is 14.3 Å². The summed E-state index contributed by atoms with van der Waals surface area (Å²) in [5, 5.41) is 0. The van der Waals surface area contributed by atoms with Crippen LogP contribution in [0.25, 0.3) is 22.4 Å². The van der Waals surface area contributed by atoms with Crippen molar-refractivity contribution in [2.45, 2.75) is 19.8 Å². The van der Waals surface area contributed by atoms with E-state index in [4.69, 9.17) is 9.47 Å². The Morgan fingerprint density at radius 2 is 2.04 bits per heavy atom. The molecule has 1 N–H and O–H groups in total. The van der Waals surface area contributed by atoms with Crippen molar-refractivity contribution in [1.82, 2.24) is 15.0 Å². The van der Waals surface area contributed by atoms with E-state index in [1.807, 2.05) is 25.1 Å². The summed E-state index contributed by atoms with van der Waals surface area (Å²) < 4.78 is 10.5. The standard InChI is InChI=1S/C18H19N3O3/c1-2-3-10-23-17(22)12-24-14-6-4-13(5-7-14)18-20-15-8-9-19-11-16(15)21-18/h4-9,11H,2-3,10,12H2,1H3,(H,20,21). The fraction of sp³-hybridized carbons (Fsp3) is 0.278. The largest absolute Gasteiger partial charge is 0.482 e. The van der Waals surface area contributed by atoms with Gasteiger partial charge in [-0.1, -0.05) is 13.3 Å². The van der Waals surface area contributed by atoms with Gasteiger partial charge in [-0.2, -0.15) is 0 Å². The highest BCUT2D eigenvalue weighted by atomic mass is 16.6. The molecule has 0 aliphatic carbocycles. The van der Waals surface area contributed by atoms with Crippen LogP contribution in [0, 0.1) is 0 Å². The monoisotopic (exact) mass is 325 g/mol. The average Bonchev–Trinajstić information content (AvgIpc) is 3.05. The van der Waals surface area contributed by atoms with Crippen LogP contribution < -0.4 is 4.74 Å². The SMILES string of the molecule is CCCCOC(=O)COc1ccc(-c2nc3cnccc3[nH]2)cc1. The van der Waals surface area contributed by atoms with Crippen LogP contribution in [0.4, 0.5) is 0 Å². The van der Waals surface area contributed by atoms with Crippen LogP contribution >= 0.6 is 0 Å². The highest BCUT2D eigenvalue weighted by Gasteiger charge is 2.07. The second-order valence-corrected chi connectivity index (χ2v) is 5.37. The number of hydrogen-bond donors (Lipinski definition) is 1. The highest BCUT2D eigenvalue weighted by molar-refractivity contribution is 5.78. The molecule has 0 amide bonds. The third-order valence-corrected chi connectivity index (χ3v) is 3.53. The number of imidazole rings is 1. The van der Waals surface area contributed by atoms with Crippen molar-refractivity contribution in [3.8, 4) is 17.1 Å². The lowest BCUT2D eigenvalue weighted by atomic mass is 10.2. The zero-order valence-electron chi connectivity index (χ0n) is 13.5. The number of H-pyrrole nitrogens is 1. The van der Waals surface area contributed by atoms with Crippen LogP contribution in [-0.2, 0) is 9.53 Å². The van der Waals surface area contributed by atoms with Gasteiger partial charge >= 0.3 is 5.97 Å². The Bertz CT molecular complexity index is 779. The molecule has 1 aromatic carbocycles. The van der Waals surface area contributed by atoms with Crippen molar-refractivity contribution in [3.63, 3.8) is 0 Å². The molecule has 0 saturated carbocycles. The second kappa shape index (κ2) is 7.59. The lowest BCUT2D eigenvalue weighted by Crippen LogP contribution is -2.15. The first-order chi connectivity index (χ1) is 11.8. The van der Waals surface area contributed by atoms with E-state index in [1.54, 1.807) is 24.5 Å². The van der Waals surface area contributed by atoms with E-state index in [0.717, 1.165) is 35.3 Å². The van der Waals surface area contributed by atoms with Crippen molar-refractivity contribution >= 4 is 17.0 Å². The van der Waals surface area contributed by atoms with Gasteiger partial charge in [-0.15, -0.1) is 0 Å². The molecular formula is C18H19N3O3. The van der Waals surface area contributed by atoms with E-state index < -0.39 is 0 Å². The lowest BCUT2D eigenvalue weighted by Gasteiger charge is -2.07. The van der Waals surface area contributed by atoms with E-state index in [-0.39, 0.29) is 12.6 Å². The van der Waals surface area contributed by atoms with Gasteiger partial charge < -0.3 is 14.5 Å². The Morgan fingerprint density at radius 1 is 1.21 bits per heavy atom. The zero-order chi connectivity index (χ0) is 16.8. The highest BCUT2D eigenvalue weighted by Crippen LogP contribution is 2.22. The molecule has 124 valence electrons. The number of benzene rings is 1. The van der Waals surface area contributed by atoms with Gasteiger partial charge in [-0.3, -0.25) is 4.98 Å². The predicted octanol–water partition coefficient (Wildman–Crippen LogP) is 3.35. The molecule has 0 aliphatic heterocycles. The van der Waals surface area contributed by atoms with Crippen LogP contribution in [-0.4, -0.2) is 34.1 Å². The molecule has 0 saturated heterocycles. The van der Waals surface area contributed by atoms with Gasteiger partial charge in [-0.05, 0) is 36.8 Å². The van der Waals surface area contributed by atoms with E-state index in [9.17, 15) is 4.79 Å². The minimum absolute atomic E-state index is 0.0840. The number of hydrogen-bond acceptors (Lipinski definition) is 5. The third-order valence-electron chi connectivity index (χ3n) is 3.53. The van der Waals surface area contributed by atoms with Crippen molar-refractivity contribution in [1.29, 1.82) is 0 Å². The normalized spacial score (nSPS) is 10.7. The Kier molecular flexibility index (Phi) is 5.05. The van der Waals surface area contributed by atoms with E-state index >= 15 is 0 Å². The number of carbonyl (C=O) groups excluding carboxylic acids is 1. The number of aromatic amines is 1. The van der Waals surface area contributed by atoms with E-state index in [1.165, 1.54) is 0 Å². The van der Waals surface area contributed by atoms with Crippen LogP contribution in [0.3, 0.4) is 0 Å². The number of carbonyl (C=O) groups is 1. The quantitative estimate of drug-likeness (QED) is 0.532. The molecule has 6 heteroatoms. The first-order valence-electron chi connectivity index (χ1n) is 7.95. The van der Waals surface area contributed by atoms with Gasteiger partial charge in [0.05, 0.1) is 18.3 Å². The van der Waals surface area contributed by atoms with Gasteiger partial charge in [0.25, 0.3) is 0 Å². The maximum Gasteiger partial charge on any atom is 0.344 e. The molecule has 0 spiro atoms. The van der Waals surface area contributed by atoms with E-state index in [2.05, 4.69) is 15.0 Å². The molecule has 0 atom stereocenters. The molecule has 6 nitrogen and oxygen atoms in total. The summed E-state index contributed by atoms with van der Waals surface area (Å²) in [5.74, 6) is 1.03. The Balaban J connectivity index is 1.60. The first-order valence-corrected chi connectivity index (χ1v) is 7.95. The molecule has 0 fully saturated rings. The fourth-order valence-corrected chi connectivity index (χ4v) is 2.22. The maximum absolute atomic E-state index is 11.5. The predicted molar refractivity (Wildman–Crippen MR) is 90.7 cm³/mol. The fourth-order valence-electron chi connectivity index (χ4n) is 2.22. The van der Waals surface area contributed by atoms with Crippen LogP contribution in [0.15, 0.2) is 42.7 Å². The summed E-state index contributed by atoms with van der Waals surface area (Å²) in [7, 11) is 0. The van der Waals surface area contributed by atoms with Crippen LogP contribution in [0.1, 0.15) is 19.8 Å². The van der Waals surface area contributed by atoms with E-state index in [0.29, 0.717) is 12.4 Å². The molecule has 0 unspecified atom stereocenters. The number of fused-ring (bicyclic) bond motifs is 1. The molecular weight excluding hydrogens is 306 g/mol. The minimum Gasteiger partial charge on any atom is -0.482 e. The molecule has 2 heterocycles. The van der Waals surface area contributed by atoms with Gasteiger partial charge in [0.2, 0.25) is 0 Å². The van der Waals surface area contributed by atoms with Gasteiger partial charge in [0, 0.05) is 11.8 Å². The Morgan fingerprint density at radius 3 is 2.79 bits per heavy atom. The van der Waals surface area contributed by atoms with Gasteiger partial charge in [-0.25, -0.2) is 9.78 Å². The number of rotatable bonds is 7. The van der Waals surface area contributed by atoms with Gasteiger partial charge in [0.1, 0.15) is 17.1 Å². The number of unbranched alkanes of at least 4 members (excludes halogenated alkanes) is 1. The smallest absolute Gasteiger partial charge is 0.344 e. The Labute approximate surface area is 139 Å². The lowest BCUT2D eigenvalue weighted by molar-refractivity contribution is -0.146. The van der Waals surface area contributed by atoms with Gasteiger partial charge in [0.15, 0.2) is 6.61 Å². The minimum atomic E-state index is -0.350. The van der Waals surface area contributed by atoms with Crippen molar-refractivity contribution in [2.24, 2.45) is 0 Å². The molecule has 0 radical (unpaired) electrons. The van der Waals surface area contributed by atoms with Crippen molar-refractivity contribution in [2.75, 3.05) is 13.2 Å². The summed E-state index contributed by atoms with van der Waals surface area (Å²) in [4.78, 5) is 23.3. The number of esters is 1. The number of ether oxygens (including phenoxy) is 2. The molecule has 3 aromatic rings. The average molecular weight is 325 g/mol. The molecule has 2 aromatic heterocycles. The maximum atomic E-state index is 11.5. The first kappa shape index (κ1) is 16.0. The third kappa shape index (κ3) is 3.90. The number of pyridine rings is 1. The summed E-state index contributed by atoms with van der Waals surface area (Å²) in [5.41, 5.74) is 2.70. The molecule has 0 bridgehead atoms. The van der Waals surface area contributed by atoms with Crippen LogP contribution in [0.2, 0.25) is 0 Å². The molecule has 24 heavy (non-hydrogen) atoms. The molecule has 3 rings (SSSR count). The van der Waals surface area contributed by atoms with Crippen LogP contribution in [0.5, 0.6) is 5.75 Å². The number of aromatic nitrogens is 3. The Hall–Kier alpha value is -2.89. The summed E-state index contributed by atoms with van der Waals surface area (Å²) in [6.07, 6.45) is 5.30.